The van der Waals surface area contributed by atoms with E-state index in [4.69, 9.17) is 16.1 Å². The maximum atomic E-state index is 13.6. The van der Waals surface area contributed by atoms with Crippen LogP contribution >= 0.6 is 11.6 Å². The molecule has 2 heterocycles. The van der Waals surface area contributed by atoms with Crippen LogP contribution in [-0.4, -0.2) is 25.9 Å². The molecule has 0 atom stereocenters. The summed E-state index contributed by atoms with van der Waals surface area (Å²) in [6, 6.07) is 4.71. The second-order valence-electron chi connectivity index (χ2n) is 8.05. The molecule has 0 spiro atoms. The minimum atomic E-state index is -2.83. The number of hydrogen-bond donors (Lipinski definition) is 0. The van der Waals surface area contributed by atoms with Crippen molar-refractivity contribution in [3.63, 3.8) is 0 Å². The van der Waals surface area contributed by atoms with Gasteiger partial charge >= 0.3 is 5.97 Å². The number of rotatable bonds is 6. The van der Waals surface area contributed by atoms with E-state index in [1.165, 1.54) is 12.1 Å². The van der Waals surface area contributed by atoms with E-state index < -0.39 is 35.6 Å². The zero-order valence-corrected chi connectivity index (χ0v) is 17.0. The van der Waals surface area contributed by atoms with Crippen LogP contribution in [0.25, 0.3) is 11.6 Å². The highest BCUT2D eigenvalue weighted by atomic mass is 35.5. The van der Waals surface area contributed by atoms with E-state index in [9.17, 15) is 22.5 Å². The number of carbonyl (C=O) groups is 1. The lowest BCUT2D eigenvalue weighted by Crippen LogP contribution is -2.34. The fraction of sp³-hybridized carbons (Fsp3) is 0.400. The number of nitrogens with zero attached hydrogens (tertiary/aromatic N) is 4. The lowest BCUT2D eigenvalue weighted by Gasteiger charge is -2.33. The average molecular weight is 471 g/mol. The SMILES string of the molecule is O=C(OF)C1CC(n2nc(-c3nc(C4(c5ccc(F)cc5Cl)CC4)no3)cc2C(F)F)C1. The quantitative estimate of drug-likeness (QED) is 0.465. The molecule has 0 unspecified atom stereocenters. The van der Waals surface area contributed by atoms with Gasteiger partial charge in [0.2, 0.25) is 0 Å². The van der Waals surface area contributed by atoms with Crippen LogP contribution < -0.4 is 0 Å². The Balaban J connectivity index is 1.43. The zero-order valence-electron chi connectivity index (χ0n) is 16.3. The van der Waals surface area contributed by atoms with Gasteiger partial charge in [-0.15, -0.1) is 0 Å². The topological polar surface area (TPSA) is 83.0 Å². The second-order valence-corrected chi connectivity index (χ2v) is 8.45. The minimum Gasteiger partial charge on any atom is -0.332 e. The maximum Gasteiger partial charge on any atom is 0.352 e. The summed E-state index contributed by atoms with van der Waals surface area (Å²) in [6.45, 7) is 0. The first-order chi connectivity index (χ1) is 15.3. The van der Waals surface area contributed by atoms with Gasteiger partial charge in [0.25, 0.3) is 12.3 Å². The first-order valence-corrected chi connectivity index (χ1v) is 10.2. The first kappa shape index (κ1) is 20.9. The monoisotopic (exact) mass is 470 g/mol. The summed E-state index contributed by atoms with van der Waals surface area (Å²) in [5, 5.41) is 8.42. The normalized spacial score (nSPS) is 21.4. The number of alkyl halides is 2. The zero-order chi connectivity index (χ0) is 22.6. The van der Waals surface area contributed by atoms with Crippen LogP contribution in [0.2, 0.25) is 5.02 Å². The second kappa shape index (κ2) is 7.58. The molecule has 0 bridgehead atoms. The van der Waals surface area contributed by atoms with Crippen LogP contribution in [0.1, 0.15) is 55.2 Å². The van der Waals surface area contributed by atoms with Gasteiger partial charge in [-0.1, -0.05) is 22.8 Å². The van der Waals surface area contributed by atoms with Gasteiger partial charge in [-0.05, 0) is 49.4 Å². The van der Waals surface area contributed by atoms with Gasteiger partial charge in [0, 0.05) is 9.55 Å². The van der Waals surface area contributed by atoms with E-state index in [0.29, 0.717) is 24.2 Å². The molecule has 12 heteroatoms. The van der Waals surface area contributed by atoms with Gasteiger partial charge in [0.05, 0.1) is 17.4 Å². The Hall–Kier alpha value is -2.95. The van der Waals surface area contributed by atoms with Crippen molar-refractivity contribution in [2.45, 2.75) is 43.6 Å². The van der Waals surface area contributed by atoms with Gasteiger partial charge in [-0.3, -0.25) is 9.62 Å². The summed E-state index contributed by atoms with van der Waals surface area (Å²) < 4.78 is 59.0. The molecule has 0 aliphatic heterocycles. The van der Waals surface area contributed by atoms with E-state index in [-0.39, 0.29) is 35.1 Å². The molecule has 2 aliphatic carbocycles. The van der Waals surface area contributed by atoms with Crippen molar-refractivity contribution in [3.8, 4) is 11.6 Å². The number of aromatic nitrogens is 4. The van der Waals surface area contributed by atoms with Crippen molar-refractivity contribution in [3.05, 3.63) is 52.2 Å². The highest BCUT2D eigenvalue weighted by Gasteiger charge is 2.51. The summed E-state index contributed by atoms with van der Waals surface area (Å²) in [4.78, 5) is 18.8. The minimum absolute atomic E-state index is 0.0517. The molecule has 168 valence electrons. The van der Waals surface area contributed by atoms with Gasteiger partial charge in [0.15, 0.2) is 11.5 Å². The van der Waals surface area contributed by atoms with Crippen molar-refractivity contribution < 1.29 is 32.0 Å². The molecule has 0 radical (unpaired) electrons. The molecule has 2 saturated carbocycles. The van der Waals surface area contributed by atoms with Gasteiger partial charge in [-0.2, -0.15) is 10.1 Å². The molecule has 32 heavy (non-hydrogen) atoms. The van der Waals surface area contributed by atoms with Gasteiger partial charge in [-0.25, -0.2) is 18.0 Å². The standard InChI is InChI=1S/C20H15ClF4N4O3/c21-13-7-10(22)1-2-12(13)20(3-4-20)19-26-17(32-28-19)14-8-15(16(23)24)29(27-14)11-5-9(6-11)18(30)31-25/h1-2,7-9,11,16H,3-6H2. The molecule has 0 N–H and O–H groups in total. The van der Waals surface area contributed by atoms with Crippen LogP contribution in [0.5, 0.6) is 0 Å². The largest absolute Gasteiger partial charge is 0.352 e. The number of carbonyl (C=O) groups excluding carboxylic acids is 1. The molecular formula is C20H15ClF4N4O3. The van der Waals surface area contributed by atoms with Crippen LogP contribution in [0.15, 0.2) is 28.8 Å². The van der Waals surface area contributed by atoms with Crippen LogP contribution in [0.4, 0.5) is 17.7 Å². The Morgan fingerprint density at radius 3 is 2.66 bits per heavy atom. The average Bonchev–Trinajstić information content (AvgIpc) is 3.17. The van der Waals surface area contributed by atoms with Crippen molar-refractivity contribution in [2.75, 3.05) is 0 Å². The fourth-order valence-corrected chi connectivity index (χ4v) is 4.50. The predicted octanol–water partition coefficient (Wildman–Crippen LogP) is 5.12. The lowest BCUT2D eigenvalue weighted by atomic mass is 9.80. The van der Waals surface area contributed by atoms with E-state index in [1.807, 2.05) is 0 Å². The molecular weight excluding hydrogens is 456 g/mol. The number of halogens is 5. The summed E-state index contributed by atoms with van der Waals surface area (Å²) in [5.74, 6) is -1.93. The molecule has 7 nitrogen and oxygen atoms in total. The van der Waals surface area contributed by atoms with Crippen molar-refractivity contribution in [2.24, 2.45) is 5.92 Å². The molecule has 2 fully saturated rings. The highest BCUT2D eigenvalue weighted by Crippen LogP contribution is 2.54. The Morgan fingerprint density at radius 2 is 2.03 bits per heavy atom. The third-order valence-corrected chi connectivity index (χ3v) is 6.44. The predicted molar refractivity (Wildman–Crippen MR) is 101 cm³/mol. The Morgan fingerprint density at radius 1 is 1.28 bits per heavy atom. The summed E-state index contributed by atoms with van der Waals surface area (Å²) in [5.41, 5.74) is -0.294. The summed E-state index contributed by atoms with van der Waals surface area (Å²) >= 11 is 6.21. The molecule has 3 aromatic rings. The summed E-state index contributed by atoms with van der Waals surface area (Å²) in [6.07, 6.45) is -1.24. The molecule has 2 aliphatic rings. The lowest BCUT2D eigenvalue weighted by molar-refractivity contribution is -0.193. The Bertz CT molecular complexity index is 1190. The van der Waals surface area contributed by atoms with E-state index in [0.717, 1.165) is 10.7 Å². The Labute approximate surface area is 183 Å². The van der Waals surface area contributed by atoms with Crippen molar-refractivity contribution >= 4 is 17.6 Å². The first-order valence-electron chi connectivity index (χ1n) is 9.82. The third kappa shape index (κ3) is 3.35. The fourth-order valence-electron chi connectivity index (χ4n) is 4.15. The highest BCUT2D eigenvalue weighted by molar-refractivity contribution is 6.31. The summed E-state index contributed by atoms with van der Waals surface area (Å²) in [7, 11) is 0. The van der Waals surface area contributed by atoms with E-state index >= 15 is 0 Å². The maximum absolute atomic E-state index is 13.6. The van der Waals surface area contributed by atoms with Crippen LogP contribution in [0, 0.1) is 11.7 Å². The number of benzene rings is 1. The Kier molecular flexibility index (Phi) is 4.95. The molecule has 5 rings (SSSR count). The van der Waals surface area contributed by atoms with E-state index in [1.54, 1.807) is 6.07 Å². The van der Waals surface area contributed by atoms with E-state index in [2.05, 4.69) is 20.2 Å². The third-order valence-electron chi connectivity index (χ3n) is 6.13. The van der Waals surface area contributed by atoms with Gasteiger partial charge < -0.3 is 4.52 Å². The number of hydrogen-bond acceptors (Lipinski definition) is 6. The van der Waals surface area contributed by atoms with Crippen molar-refractivity contribution in [1.82, 2.24) is 19.9 Å². The molecule has 0 amide bonds. The molecule has 2 aromatic heterocycles. The van der Waals surface area contributed by atoms with Crippen LogP contribution in [0.3, 0.4) is 0 Å². The smallest absolute Gasteiger partial charge is 0.332 e. The van der Waals surface area contributed by atoms with Crippen LogP contribution in [-0.2, 0) is 15.2 Å². The van der Waals surface area contributed by atoms with Gasteiger partial charge in [0.1, 0.15) is 11.5 Å². The van der Waals surface area contributed by atoms with Crippen molar-refractivity contribution in [1.29, 1.82) is 0 Å². The molecule has 1 aromatic carbocycles. The molecule has 0 saturated heterocycles.